The van der Waals surface area contributed by atoms with Crippen LogP contribution in [0.25, 0.3) is 6.08 Å². The van der Waals surface area contributed by atoms with Gasteiger partial charge in [0.1, 0.15) is 5.70 Å². The van der Waals surface area contributed by atoms with E-state index in [2.05, 4.69) is 33.5 Å². The maximum absolute atomic E-state index is 11.3. The summed E-state index contributed by atoms with van der Waals surface area (Å²) in [6.45, 7) is 0.332. The van der Waals surface area contributed by atoms with Crippen molar-refractivity contribution >= 4 is 52.6 Å². The van der Waals surface area contributed by atoms with Crippen LogP contribution in [0, 0.1) is 0 Å². The molecule has 21 heavy (non-hydrogen) atoms. The minimum absolute atomic E-state index is 0.0509. The zero-order chi connectivity index (χ0) is 15.2. The van der Waals surface area contributed by atoms with E-state index in [9.17, 15) is 9.59 Å². The lowest BCUT2D eigenvalue weighted by Crippen LogP contribution is -2.21. The van der Waals surface area contributed by atoms with E-state index in [1.165, 1.54) is 0 Å². The Morgan fingerprint density at radius 2 is 1.67 bits per heavy atom. The van der Waals surface area contributed by atoms with Crippen molar-refractivity contribution in [2.75, 3.05) is 6.54 Å². The molecule has 2 saturated heterocycles. The van der Waals surface area contributed by atoms with E-state index in [0.29, 0.717) is 22.5 Å². The Kier molecular flexibility index (Phi) is 4.96. The van der Waals surface area contributed by atoms with Crippen molar-refractivity contribution in [1.29, 1.82) is 0 Å². The number of amides is 2. The molecule has 0 aliphatic carbocycles. The van der Waals surface area contributed by atoms with Gasteiger partial charge in [-0.1, -0.05) is 30.3 Å². The average molecular weight is 320 g/mol. The van der Waals surface area contributed by atoms with Crippen molar-refractivity contribution in [3.05, 3.63) is 41.6 Å². The van der Waals surface area contributed by atoms with Gasteiger partial charge in [-0.25, -0.2) is 0 Å². The Morgan fingerprint density at radius 3 is 2.10 bits per heavy atom. The lowest BCUT2D eigenvalue weighted by Gasteiger charge is -1.94. The van der Waals surface area contributed by atoms with E-state index in [0.717, 1.165) is 5.56 Å². The number of thiocarbonyl (C=S) groups is 2. The number of carbonyl (C=O) groups is 2. The first-order valence-electron chi connectivity index (χ1n) is 6.01. The molecule has 0 unspecified atom stereocenters. The summed E-state index contributed by atoms with van der Waals surface area (Å²) in [6, 6.07) is 9.59. The minimum Gasteiger partial charge on any atom is -0.353 e. The van der Waals surface area contributed by atoms with Crippen molar-refractivity contribution in [2.45, 2.75) is 0 Å². The summed E-state index contributed by atoms with van der Waals surface area (Å²) in [7, 11) is 0. The van der Waals surface area contributed by atoms with E-state index in [1.807, 2.05) is 30.3 Å². The van der Waals surface area contributed by atoms with Crippen LogP contribution in [0.4, 0.5) is 0 Å². The number of hydrogen-bond acceptors (Lipinski definition) is 4. The standard InChI is InChI=1S/C10H8N2OS.C3H4N2OS/c13-9-8(11-10(14)12-9)6-7-4-2-1-3-5-7;6-2-1-4-3(7)5-2/h1-6H,(H2,11,12,13,14);1H2,(H2,4,5,6,7). The molecule has 2 aliphatic rings. The third-order valence-electron chi connectivity index (χ3n) is 2.49. The number of carbonyl (C=O) groups excluding carboxylic acids is 2. The number of rotatable bonds is 1. The highest BCUT2D eigenvalue weighted by molar-refractivity contribution is 7.80. The molecule has 0 saturated carbocycles. The molecule has 2 heterocycles. The third-order valence-corrected chi connectivity index (χ3v) is 2.94. The summed E-state index contributed by atoms with van der Waals surface area (Å²) < 4.78 is 0. The molecule has 0 bridgehead atoms. The van der Waals surface area contributed by atoms with Gasteiger partial charge in [-0.2, -0.15) is 0 Å². The fraction of sp³-hybridized carbons (Fsp3) is 0.0769. The van der Waals surface area contributed by atoms with Crippen LogP contribution in [0.15, 0.2) is 36.0 Å². The highest BCUT2D eigenvalue weighted by Gasteiger charge is 2.19. The molecule has 2 amide bonds. The van der Waals surface area contributed by atoms with Crippen molar-refractivity contribution < 1.29 is 9.59 Å². The van der Waals surface area contributed by atoms with Gasteiger partial charge < -0.3 is 16.0 Å². The first-order valence-corrected chi connectivity index (χ1v) is 6.83. The molecule has 0 radical (unpaired) electrons. The fourth-order valence-electron chi connectivity index (χ4n) is 1.57. The van der Waals surface area contributed by atoms with Gasteiger partial charge in [0.05, 0.1) is 6.54 Å². The summed E-state index contributed by atoms with van der Waals surface area (Å²) in [5.41, 5.74) is 1.45. The van der Waals surface area contributed by atoms with E-state index in [-0.39, 0.29) is 11.8 Å². The van der Waals surface area contributed by atoms with Gasteiger partial charge in [0.15, 0.2) is 10.2 Å². The lowest BCUT2D eigenvalue weighted by molar-refractivity contribution is -0.117. The molecular formula is C13H12N4O2S2. The maximum Gasteiger partial charge on any atom is 0.273 e. The maximum atomic E-state index is 11.3. The van der Waals surface area contributed by atoms with E-state index >= 15 is 0 Å². The summed E-state index contributed by atoms with van der Waals surface area (Å²) in [5.74, 6) is -0.233. The first-order chi connectivity index (χ1) is 10.0. The van der Waals surface area contributed by atoms with E-state index < -0.39 is 0 Å². The Morgan fingerprint density at radius 1 is 0.952 bits per heavy atom. The van der Waals surface area contributed by atoms with Crippen molar-refractivity contribution in [2.24, 2.45) is 0 Å². The van der Waals surface area contributed by atoms with E-state index in [1.54, 1.807) is 6.08 Å². The highest BCUT2D eigenvalue weighted by Crippen LogP contribution is 2.07. The predicted molar refractivity (Wildman–Crippen MR) is 87.0 cm³/mol. The molecule has 2 aliphatic heterocycles. The molecule has 108 valence electrons. The molecule has 8 heteroatoms. The molecule has 1 aromatic rings. The summed E-state index contributed by atoms with van der Waals surface area (Å²) in [6.07, 6.45) is 1.76. The van der Waals surface area contributed by atoms with Gasteiger partial charge in [0, 0.05) is 0 Å². The molecule has 6 nitrogen and oxygen atoms in total. The third kappa shape index (κ3) is 4.62. The second kappa shape index (κ2) is 6.91. The number of hydrogen-bond donors (Lipinski definition) is 4. The smallest absolute Gasteiger partial charge is 0.273 e. The molecule has 3 rings (SSSR count). The Hall–Kier alpha value is -2.32. The number of benzene rings is 1. The van der Waals surface area contributed by atoms with Gasteiger partial charge >= 0.3 is 0 Å². The number of nitrogens with one attached hydrogen (secondary N) is 4. The van der Waals surface area contributed by atoms with Gasteiger partial charge in [0.2, 0.25) is 5.91 Å². The second-order valence-corrected chi connectivity index (χ2v) is 4.92. The molecule has 2 fully saturated rings. The predicted octanol–water partition coefficient (Wildman–Crippen LogP) is 0.0225. The normalized spacial score (nSPS) is 18.4. The summed E-state index contributed by atoms with van der Waals surface area (Å²) in [4.78, 5) is 21.5. The summed E-state index contributed by atoms with van der Waals surface area (Å²) in [5, 5.41) is 11.1. The molecule has 0 aromatic heterocycles. The van der Waals surface area contributed by atoms with E-state index in [4.69, 9.17) is 12.2 Å². The molecule has 0 spiro atoms. The molecule has 0 atom stereocenters. The zero-order valence-corrected chi connectivity index (χ0v) is 12.4. The van der Waals surface area contributed by atoms with Crippen molar-refractivity contribution in [3.8, 4) is 0 Å². The Labute approximate surface area is 132 Å². The lowest BCUT2D eigenvalue weighted by atomic mass is 10.2. The van der Waals surface area contributed by atoms with Gasteiger partial charge in [-0.15, -0.1) is 0 Å². The molecular weight excluding hydrogens is 308 g/mol. The second-order valence-electron chi connectivity index (χ2n) is 4.11. The highest BCUT2D eigenvalue weighted by atomic mass is 32.1. The minimum atomic E-state index is -0.182. The van der Waals surface area contributed by atoms with Crippen LogP contribution >= 0.6 is 24.4 Å². The van der Waals surface area contributed by atoms with Gasteiger partial charge in [-0.3, -0.25) is 14.9 Å². The van der Waals surface area contributed by atoms with Crippen LogP contribution in [0.3, 0.4) is 0 Å². The fourth-order valence-corrected chi connectivity index (χ4v) is 1.96. The largest absolute Gasteiger partial charge is 0.353 e. The topological polar surface area (TPSA) is 82.3 Å². The Balaban J connectivity index is 0.000000194. The SMILES string of the molecule is O=C1CNC(=S)N1.O=C1NC(=S)NC1=Cc1ccccc1. The molecule has 4 N–H and O–H groups in total. The van der Waals surface area contributed by atoms with Crippen LogP contribution in [-0.4, -0.2) is 28.6 Å². The van der Waals surface area contributed by atoms with Crippen LogP contribution in [0.2, 0.25) is 0 Å². The van der Waals surface area contributed by atoms with Crippen molar-refractivity contribution in [1.82, 2.24) is 21.3 Å². The van der Waals surface area contributed by atoms with Crippen LogP contribution in [0.1, 0.15) is 5.56 Å². The average Bonchev–Trinajstić information content (AvgIpc) is 2.97. The van der Waals surface area contributed by atoms with Crippen LogP contribution in [0.5, 0.6) is 0 Å². The van der Waals surface area contributed by atoms with Gasteiger partial charge in [0.25, 0.3) is 5.91 Å². The molecule has 1 aromatic carbocycles. The summed E-state index contributed by atoms with van der Waals surface area (Å²) >= 11 is 9.36. The Bertz CT molecular complexity index is 614. The van der Waals surface area contributed by atoms with Crippen molar-refractivity contribution in [3.63, 3.8) is 0 Å². The zero-order valence-electron chi connectivity index (χ0n) is 10.8. The first kappa shape index (κ1) is 15.1. The van der Waals surface area contributed by atoms with Crippen LogP contribution < -0.4 is 21.3 Å². The monoisotopic (exact) mass is 320 g/mol. The van der Waals surface area contributed by atoms with Gasteiger partial charge in [-0.05, 0) is 36.1 Å². The quantitative estimate of drug-likeness (QED) is 0.431. The van der Waals surface area contributed by atoms with Crippen LogP contribution in [-0.2, 0) is 9.59 Å².